The van der Waals surface area contributed by atoms with Gasteiger partial charge in [0, 0.05) is 6.42 Å². The molecule has 9 nitrogen and oxygen atoms in total. The van der Waals surface area contributed by atoms with Gasteiger partial charge in [-0.2, -0.15) is 0 Å². The van der Waals surface area contributed by atoms with Crippen molar-refractivity contribution in [2.45, 2.75) is 52.9 Å². The molecule has 0 aliphatic carbocycles. The van der Waals surface area contributed by atoms with E-state index in [0.717, 1.165) is 0 Å². The number of hydrogen-bond acceptors (Lipinski definition) is 8. The smallest absolute Gasteiger partial charge is 0.534 e. The lowest BCUT2D eigenvalue weighted by molar-refractivity contribution is -0.161. The third kappa shape index (κ3) is 5.63. The van der Waals surface area contributed by atoms with Crippen molar-refractivity contribution in [1.82, 2.24) is 5.32 Å². The highest BCUT2D eigenvalue weighted by molar-refractivity contribution is 6.47. The van der Waals surface area contributed by atoms with Crippen LogP contribution in [0.5, 0.6) is 11.5 Å². The van der Waals surface area contributed by atoms with E-state index in [-0.39, 0.29) is 23.6 Å². The van der Waals surface area contributed by atoms with Gasteiger partial charge in [-0.05, 0) is 45.2 Å². The summed E-state index contributed by atoms with van der Waals surface area (Å²) in [6.07, 6.45) is 1.18. The summed E-state index contributed by atoms with van der Waals surface area (Å²) < 4.78 is 15.2. The summed E-state index contributed by atoms with van der Waals surface area (Å²) in [6.45, 7) is 6.20. The van der Waals surface area contributed by atoms with Crippen LogP contribution in [-0.4, -0.2) is 47.8 Å². The lowest BCUT2D eigenvalue weighted by atomic mass is 9.72. The Balaban J connectivity index is 2.12. The fourth-order valence-corrected chi connectivity index (χ4v) is 2.70. The number of carbonyl (C=O) groups is 3. The maximum Gasteiger partial charge on any atom is 0.547 e. The first kappa shape index (κ1) is 22.5. The third-order valence-electron chi connectivity index (χ3n) is 4.26. The number of aromatic hydroxyl groups is 1. The molecule has 0 bridgehead atoms. The van der Waals surface area contributed by atoms with Crippen LogP contribution in [0.4, 0.5) is 0 Å². The Hall–Kier alpha value is -2.75. The zero-order chi connectivity index (χ0) is 21.8. The van der Waals surface area contributed by atoms with E-state index in [4.69, 9.17) is 14.1 Å². The molecule has 1 aliphatic heterocycles. The SMILES string of the molecule is CCCC(=O)NC1Cc2ccc(O)c(C(=O)OCOC(=O)C(C)(C)C)c2OB1O. The monoisotopic (exact) mass is 407 g/mol. The van der Waals surface area contributed by atoms with Crippen molar-refractivity contribution in [2.75, 3.05) is 6.79 Å². The molecule has 29 heavy (non-hydrogen) atoms. The zero-order valence-electron chi connectivity index (χ0n) is 17.0. The predicted molar refractivity (Wildman–Crippen MR) is 103 cm³/mol. The van der Waals surface area contributed by atoms with Crippen molar-refractivity contribution in [3.05, 3.63) is 23.3 Å². The number of esters is 2. The van der Waals surface area contributed by atoms with Gasteiger partial charge in [-0.15, -0.1) is 0 Å². The van der Waals surface area contributed by atoms with Crippen molar-refractivity contribution in [3.63, 3.8) is 0 Å². The number of amides is 1. The number of phenolic OH excluding ortho intramolecular Hbond substituents is 1. The van der Waals surface area contributed by atoms with Crippen molar-refractivity contribution < 1.29 is 38.6 Å². The van der Waals surface area contributed by atoms with E-state index < -0.39 is 43.0 Å². The fraction of sp³-hybridized carbons (Fsp3) is 0.526. The molecule has 1 aliphatic rings. The number of rotatable bonds is 6. The van der Waals surface area contributed by atoms with Gasteiger partial charge >= 0.3 is 19.1 Å². The third-order valence-corrected chi connectivity index (χ3v) is 4.26. The minimum absolute atomic E-state index is 0.0364. The van der Waals surface area contributed by atoms with Crippen LogP contribution in [0.2, 0.25) is 0 Å². The molecule has 0 aromatic heterocycles. The maximum absolute atomic E-state index is 12.4. The molecule has 0 radical (unpaired) electrons. The van der Waals surface area contributed by atoms with Gasteiger partial charge in [0.2, 0.25) is 12.7 Å². The van der Waals surface area contributed by atoms with Crippen molar-refractivity contribution in [1.29, 1.82) is 0 Å². The van der Waals surface area contributed by atoms with Crippen molar-refractivity contribution in [2.24, 2.45) is 5.41 Å². The molecule has 0 spiro atoms. The molecular weight excluding hydrogens is 381 g/mol. The molecule has 1 aromatic rings. The number of ether oxygens (including phenoxy) is 2. The van der Waals surface area contributed by atoms with Gasteiger partial charge in [0.05, 0.1) is 11.4 Å². The van der Waals surface area contributed by atoms with Gasteiger partial charge in [0.1, 0.15) is 17.1 Å². The van der Waals surface area contributed by atoms with Gasteiger partial charge in [0.25, 0.3) is 0 Å². The molecule has 0 fully saturated rings. The predicted octanol–water partition coefficient (Wildman–Crippen LogP) is 1.34. The molecule has 1 heterocycles. The summed E-state index contributed by atoms with van der Waals surface area (Å²) in [5.41, 5.74) is -0.537. The Morgan fingerprint density at radius 2 is 1.97 bits per heavy atom. The van der Waals surface area contributed by atoms with Crippen LogP contribution < -0.4 is 9.97 Å². The number of hydrogen-bond donors (Lipinski definition) is 3. The van der Waals surface area contributed by atoms with E-state index in [1.54, 1.807) is 20.8 Å². The summed E-state index contributed by atoms with van der Waals surface area (Å²) >= 11 is 0. The highest BCUT2D eigenvalue weighted by Gasteiger charge is 2.39. The molecule has 1 atom stereocenters. The summed E-state index contributed by atoms with van der Waals surface area (Å²) in [5.74, 6) is -2.88. The molecule has 10 heteroatoms. The average Bonchev–Trinajstić information content (AvgIpc) is 2.61. The normalized spacial score (nSPS) is 15.8. The minimum Gasteiger partial charge on any atom is -0.534 e. The molecule has 1 unspecified atom stereocenters. The van der Waals surface area contributed by atoms with Crippen molar-refractivity contribution >= 4 is 25.0 Å². The van der Waals surface area contributed by atoms with Gasteiger partial charge in [0.15, 0.2) is 0 Å². The molecule has 1 aromatic carbocycles. The first-order chi connectivity index (χ1) is 13.5. The highest BCUT2D eigenvalue weighted by Crippen LogP contribution is 2.36. The van der Waals surface area contributed by atoms with Crippen LogP contribution in [0, 0.1) is 5.41 Å². The van der Waals surface area contributed by atoms with Crippen molar-refractivity contribution in [3.8, 4) is 11.5 Å². The van der Waals surface area contributed by atoms with E-state index in [0.29, 0.717) is 18.4 Å². The molecule has 158 valence electrons. The quantitative estimate of drug-likeness (QED) is 0.366. The second kappa shape index (κ2) is 9.17. The minimum atomic E-state index is -1.41. The summed E-state index contributed by atoms with van der Waals surface area (Å²) in [4.78, 5) is 36.0. The van der Waals surface area contributed by atoms with E-state index >= 15 is 0 Å². The largest absolute Gasteiger partial charge is 0.547 e. The van der Waals surface area contributed by atoms with E-state index in [1.807, 2.05) is 6.92 Å². The number of phenols is 1. The molecule has 0 saturated heterocycles. The van der Waals surface area contributed by atoms with Crippen LogP contribution in [0.3, 0.4) is 0 Å². The highest BCUT2D eigenvalue weighted by atomic mass is 16.7. The Labute approximate surface area is 169 Å². The van der Waals surface area contributed by atoms with E-state index in [2.05, 4.69) is 5.32 Å². The Kier molecular flexibility index (Phi) is 7.13. The lowest BCUT2D eigenvalue weighted by Gasteiger charge is -2.29. The molecule has 3 N–H and O–H groups in total. The second-order valence-corrected chi connectivity index (χ2v) is 7.82. The van der Waals surface area contributed by atoms with Gasteiger partial charge in [-0.3, -0.25) is 9.59 Å². The standard InChI is InChI=1S/C19H26BNO8/c1-5-6-14(23)21-13-9-11-7-8-12(22)15(16(11)29-20(13)26)17(24)27-10-28-18(25)19(2,3)4/h7-8,13,22,26H,5-6,9-10H2,1-4H3,(H,21,23). The molecule has 0 saturated carbocycles. The Bertz CT molecular complexity index is 789. The fourth-order valence-electron chi connectivity index (χ4n) is 2.70. The van der Waals surface area contributed by atoms with Crippen LogP contribution >= 0.6 is 0 Å². The second-order valence-electron chi connectivity index (χ2n) is 7.82. The number of fused-ring (bicyclic) bond motifs is 1. The topological polar surface area (TPSA) is 131 Å². The summed E-state index contributed by atoms with van der Waals surface area (Å²) in [7, 11) is -1.41. The molecular formula is C19H26BNO8. The van der Waals surface area contributed by atoms with Gasteiger partial charge in [-0.25, -0.2) is 4.79 Å². The first-order valence-electron chi connectivity index (χ1n) is 9.37. The molecule has 2 rings (SSSR count). The van der Waals surface area contributed by atoms with Crippen LogP contribution in [0.15, 0.2) is 12.1 Å². The van der Waals surface area contributed by atoms with Crippen LogP contribution in [-0.2, 0) is 25.5 Å². The van der Waals surface area contributed by atoms with Gasteiger partial charge < -0.3 is 29.6 Å². The first-order valence-corrected chi connectivity index (χ1v) is 9.37. The number of benzene rings is 1. The number of carbonyl (C=O) groups excluding carboxylic acids is 3. The van der Waals surface area contributed by atoms with E-state index in [9.17, 15) is 24.5 Å². The Morgan fingerprint density at radius 3 is 2.59 bits per heavy atom. The van der Waals surface area contributed by atoms with Crippen LogP contribution in [0.25, 0.3) is 0 Å². The zero-order valence-corrected chi connectivity index (χ0v) is 17.0. The number of nitrogens with one attached hydrogen (secondary N) is 1. The van der Waals surface area contributed by atoms with Crippen LogP contribution in [0.1, 0.15) is 56.5 Å². The lowest BCUT2D eigenvalue weighted by Crippen LogP contribution is -2.53. The average molecular weight is 407 g/mol. The summed E-state index contributed by atoms with van der Waals surface area (Å²) in [6, 6.07) is 2.83. The molecule has 1 amide bonds. The van der Waals surface area contributed by atoms with Gasteiger partial charge in [-0.1, -0.05) is 13.0 Å². The maximum atomic E-state index is 12.4. The van der Waals surface area contributed by atoms with E-state index in [1.165, 1.54) is 12.1 Å². The summed E-state index contributed by atoms with van der Waals surface area (Å²) in [5, 5.41) is 23.0. The Morgan fingerprint density at radius 1 is 1.28 bits per heavy atom.